The molecule has 0 heterocycles. The molecule has 1 N–H and O–H groups in total. The summed E-state index contributed by atoms with van der Waals surface area (Å²) in [4.78, 5) is 24.1. The Morgan fingerprint density at radius 1 is 0.682 bits per heavy atom. The average molecular weight is 739 g/mol. The summed E-state index contributed by atoms with van der Waals surface area (Å²) in [5, 5.41) is 11.1. The number of carboxylic acid groups (broad SMARTS) is 1. The molecule has 4 nitrogen and oxygen atoms in total. The predicted molar refractivity (Wildman–Crippen MR) is 188 cm³/mol. The van der Waals surface area contributed by atoms with Gasteiger partial charge in [0, 0.05) is 0 Å². The average Bonchev–Trinajstić information content (AvgIpc) is 2.95. The molecular weight excluding hydrogens is 694 g/mol. The van der Waals surface area contributed by atoms with Gasteiger partial charge in [-0.3, -0.25) is 0 Å². The summed E-state index contributed by atoms with van der Waals surface area (Å²) >= 11 is 0.584. The van der Waals surface area contributed by atoms with Crippen LogP contribution in [0.5, 0.6) is 0 Å². The number of benzene rings is 4. The number of carbonyl (C=O) groups excluding carboxylic acids is 1. The van der Waals surface area contributed by atoms with Crippen LogP contribution in [0.3, 0.4) is 0 Å². The van der Waals surface area contributed by atoms with Crippen LogP contribution in [0.1, 0.15) is 54.1 Å². The van der Waals surface area contributed by atoms with E-state index in [0.29, 0.717) is 27.1 Å². The second-order valence-corrected chi connectivity index (χ2v) is 22.2. The quantitative estimate of drug-likeness (QED) is 0.135. The number of hydrogen-bond acceptors (Lipinski definition) is 3. The number of carbonyl (C=O) groups is 2. The molecule has 0 saturated heterocycles. The van der Waals surface area contributed by atoms with Crippen molar-refractivity contribution in [3.8, 4) is 0 Å². The van der Waals surface area contributed by atoms with Gasteiger partial charge in [0.05, 0.1) is 0 Å². The summed E-state index contributed by atoms with van der Waals surface area (Å²) in [5.41, 5.74) is 7.54. The summed E-state index contributed by atoms with van der Waals surface area (Å²) in [6.45, 7) is 15.4. The van der Waals surface area contributed by atoms with Crippen LogP contribution in [0.25, 0.3) is 0 Å². The molecule has 0 spiro atoms. The van der Waals surface area contributed by atoms with E-state index >= 15 is 0 Å². The van der Waals surface area contributed by atoms with Crippen molar-refractivity contribution in [3.63, 3.8) is 0 Å². The third-order valence-electron chi connectivity index (χ3n) is 6.90. The molecule has 4 aromatic carbocycles. The Labute approximate surface area is 277 Å². The van der Waals surface area contributed by atoms with Gasteiger partial charge in [0.2, 0.25) is 0 Å². The number of esters is 1. The van der Waals surface area contributed by atoms with Crippen molar-refractivity contribution in [1.82, 2.24) is 0 Å². The minimum absolute atomic E-state index is 0.158. The molecule has 7 heteroatoms. The number of hydrogen-bond donors (Lipinski definition) is 1. The van der Waals surface area contributed by atoms with Gasteiger partial charge in [-0.1, -0.05) is 0 Å². The van der Waals surface area contributed by atoms with Crippen molar-refractivity contribution in [2.24, 2.45) is 0 Å². The first-order valence-corrected chi connectivity index (χ1v) is 22.6. The fourth-order valence-corrected chi connectivity index (χ4v) is 9.30. The summed E-state index contributed by atoms with van der Waals surface area (Å²) in [6, 6.07) is 29.9. The number of ether oxygens (including phenoxy) is 1. The van der Waals surface area contributed by atoms with E-state index in [-0.39, 0.29) is 20.9 Å². The molecule has 0 saturated carbocycles. The van der Waals surface area contributed by atoms with Gasteiger partial charge in [-0.05, 0) is 0 Å². The Balaban J connectivity index is 0.000000249. The SMILES string of the molecule is Cc1cc(C)c(C(=O)O)c(C[Se]c2ccccc2)c1.Cc1cc(C)c(C(=O)OCC[Si](C)(C)C)c(C[Se]c2ccccc2)c1. The zero-order chi connectivity index (χ0) is 32.3. The van der Waals surface area contributed by atoms with Crippen molar-refractivity contribution >= 4 is 58.8 Å². The minimum atomic E-state index is -1.19. The first-order valence-electron chi connectivity index (χ1n) is 14.8. The van der Waals surface area contributed by atoms with Gasteiger partial charge in [-0.25, -0.2) is 0 Å². The molecule has 4 aromatic rings. The van der Waals surface area contributed by atoms with Crippen molar-refractivity contribution in [2.45, 2.75) is 64.0 Å². The molecule has 0 aliphatic heterocycles. The van der Waals surface area contributed by atoms with E-state index in [1.807, 2.05) is 57.2 Å². The van der Waals surface area contributed by atoms with Crippen LogP contribution in [-0.4, -0.2) is 61.6 Å². The van der Waals surface area contributed by atoms with Gasteiger partial charge in [-0.2, -0.15) is 0 Å². The molecule has 0 bridgehead atoms. The molecule has 44 heavy (non-hydrogen) atoms. The molecule has 0 aliphatic rings. The van der Waals surface area contributed by atoms with Gasteiger partial charge >= 0.3 is 278 Å². The van der Waals surface area contributed by atoms with E-state index < -0.39 is 14.0 Å². The van der Waals surface area contributed by atoms with Crippen LogP contribution >= 0.6 is 0 Å². The predicted octanol–water partition coefficient (Wildman–Crippen LogP) is 6.86. The summed E-state index contributed by atoms with van der Waals surface area (Å²) in [5.74, 6) is -0.981. The Bertz CT molecular complexity index is 1550. The Kier molecular flexibility index (Phi) is 13.7. The van der Waals surface area contributed by atoms with Crippen LogP contribution in [0.2, 0.25) is 25.7 Å². The van der Waals surface area contributed by atoms with E-state index in [1.54, 1.807) is 0 Å². The monoisotopic (exact) mass is 740 g/mol. The van der Waals surface area contributed by atoms with E-state index in [1.165, 1.54) is 14.5 Å². The Morgan fingerprint density at radius 3 is 1.55 bits per heavy atom. The first-order chi connectivity index (χ1) is 20.8. The summed E-state index contributed by atoms with van der Waals surface area (Å²) in [6.07, 6.45) is 0. The van der Waals surface area contributed by atoms with Gasteiger partial charge in [-0.15, -0.1) is 0 Å². The zero-order valence-corrected chi connectivity index (χ0v) is 31.3. The van der Waals surface area contributed by atoms with Crippen LogP contribution in [0.4, 0.5) is 0 Å². The number of aromatic carboxylic acids is 1. The first kappa shape index (κ1) is 35.6. The number of aryl methyl sites for hydroxylation is 4. The number of carboxylic acids is 1. The molecule has 0 atom stereocenters. The topological polar surface area (TPSA) is 63.6 Å². The van der Waals surface area contributed by atoms with Gasteiger partial charge < -0.3 is 0 Å². The van der Waals surface area contributed by atoms with Crippen LogP contribution in [-0.2, 0) is 15.4 Å². The van der Waals surface area contributed by atoms with Crippen LogP contribution < -0.4 is 8.92 Å². The molecule has 0 aliphatic carbocycles. The molecule has 0 fully saturated rings. The van der Waals surface area contributed by atoms with E-state index in [2.05, 4.69) is 75.1 Å². The van der Waals surface area contributed by atoms with E-state index in [0.717, 1.165) is 50.1 Å². The fourth-order valence-electron chi connectivity index (χ4n) is 4.81. The van der Waals surface area contributed by atoms with Gasteiger partial charge in [0.15, 0.2) is 0 Å². The van der Waals surface area contributed by atoms with Gasteiger partial charge in [0.1, 0.15) is 0 Å². The molecular formula is C37H44O4Se2Si. The van der Waals surface area contributed by atoms with Crippen molar-refractivity contribution in [2.75, 3.05) is 6.61 Å². The van der Waals surface area contributed by atoms with E-state index in [9.17, 15) is 14.7 Å². The van der Waals surface area contributed by atoms with Crippen LogP contribution in [0, 0.1) is 27.7 Å². The summed E-state index contributed by atoms with van der Waals surface area (Å²) < 4.78 is 8.27. The van der Waals surface area contributed by atoms with Crippen molar-refractivity contribution in [1.29, 1.82) is 0 Å². The standard InChI is InChI=1S/C21H28O2SeSi.C16H16O2Se/c1-16-13-17(2)20(21(22)23-11-12-25(3,4)5)18(14-16)15-24-19-9-7-6-8-10-19;1-11-8-12(2)15(16(17)18)13(9-11)10-19-14-6-4-3-5-7-14/h6-10,13-14H,11-12,15H2,1-5H3;3-9H,10H2,1-2H3,(H,17,18). The third kappa shape index (κ3) is 11.5. The van der Waals surface area contributed by atoms with Crippen molar-refractivity contribution < 1.29 is 19.4 Å². The molecule has 0 unspecified atom stereocenters. The fraction of sp³-hybridized carbons (Fsp3) is 0.297. The van der Waals surface area contributed by atoms with Crippen molar-refractivity contribution in [3.05, 3.63) is 129 Å². The third-order valence-corrected chi connectivity index (χ3v) is 13.1. The molecule has 0 aromatic heterocycles. The maximum atomic E-state index is 12.7. The molecule has 4 rings (SSSR count). The van der Waals surface area contributed by atoms with Crippen LogP contribution in [0.15, 0.2) is 84.9 Å². The van der Waals surface area contributed by atoms with Gasteiger partial charge in [0.25, 0.3) is 0 Å². The zero-order valence-electron chi connectivity index (χ0n) is 26.9. The number of rotatable bonds is 11. The maximum absolute atomic E-state index is 12.7. The molecule has 0 radical (unpaired) electrons. The summed E-state index contributed by atoms with van der Waals surface area (Å²) in [7, 11) is -1.19. The molecule has 232 valence electrons. The second-order valence-electron chi connectivity index (χ2n) is 12.2. The van der Waals surface area contributed by atoms with E-state index in [4.69, 9.17) is 4.74 Å². The normalized spacial score (nSPS) is 11.0. The Hall–Kier alpha value is -2.92. The second kappa shape index (κ2) is 17.0. The Morgan fingerprint density at radius 2 is 1.11 bits per heavy atom. The molecule has 0 amide bonds.